The quantitative estimate of drug-likeness (QED) is 0.612. The fourth-order valence-electron chi connectivity index (χ4n) is 1.40. The van der Waals surface area contributed by atoms with E-state index in [0.29, 0.717) is 24.0 Å². The van der Waals surface area contributed by atoms with Crippen molar-refractivity contribution in [1.82, 2.24) is 15.2 Å². The second-order valence-electron chi connectivity index (χ2n) is 3.21. The minimum absolute atomic E-state index is 0.338. The van der Waals surface area contributed by atoms with Crippen LogP contribution in [-0.4, -0.2) is 34.4 Å². The first-order valence-corrected chi connectivity index (χ1v) is 4.25. The highest BCUT2D eigenvalue weighted by Gasteiger charge is 2.29. The lowest BCUT2D eigenvalue weighted by Crippen LogP contribution is -2.40. The minimum Gasteiger partial charge on any atom is -0.381 e. The van der Waals surface area contributed by atoms with Gasteiger partial charge in [-0.1, -0.05) is 0 Å². The second kappa shape index (κ2) is 3.21. The summed E-state index contributed by atoms with van der Waals surface area (Å²) in [7, 11) is 1.73. The van der Waals surface area contributed by atoms with Gasteiger partial charge in [-0.25, -0.2) is 5.10 Å². The number of ether oxygens (including phenoxy) is 1. The lowest BCUT2D eigenvalue weighted by molar-refractivity contribution is 0.0327. The van der Waals surface area contributed by atoms with Crippen LogP contribution in [0.1, 0.15) is 12.8 Å². The maximum Gasteiger partial charge on any atom is 0.243 e. The number of rotatable bonds is 3. The maximum absolute atomic E-state index is 5.37. The summed E-state index contributed by atoms with van der Waals surface area (Å²) in [5, 5.41) is 9.60. The number of nitrogens with zero attached hydrogens (tertiary/aromatic N) is 2. The van der Waals surface area contributed by atoms with Crippen LogP contribution in [0.25, 0.3) is 0 Å². The second-order valence-corrected chi connectivity index (χ2v) is 3.21. The van der Waals surface area contributed by atoms with Gasteiger partial charge < -0.3 is 15.8 Å². The summed E-state index contributed by atoms with van der Waals surface area (Å²) in [4.78, 5) is 3.94. The molecule has 2 rings (SSSR count). The van der Waals surface area contributed by atoms with Gasteiger partial charge in [0.1, 0.15) is 0 Å². The van der Waals surface area contributed by atoms with Crippen LogP contribution in [0, 0.1) is 0 Å². The van der Waals surface area contributed by atoms with Crippen LogP contribution >= 0.6 is 0 Å². The lowest BCUT2D eigenvalue weighted by atomic mass is 9.89. The van der Waals surface area contributed by atoms with Crippen molar-refractivity contribution < 1.29 is 4.74 Å². The zero-order valence-electron chi connectivity index (χ0n) is 7.45. The van der Waals surface area contributed by atoms with Crippen LogP contribution < -0.4 is 11.1 Å². The molecule has 0 radical (unpaired) electrons. The zero-order valence-corrected chi connectivity index (χ0v) is 7.45. The number of aromatic amines is 1. The number of aromatic nitrogens is 3. The number of methoxy groups -OCH3 is 1. The van der Waals surface area contributed by atoms with E-state index in [1.54, 1.807) is 7.11 Å². The van der Waals surface area contributed by atoms with Crippen LogP contribution in [0.2, 0.25) is 0 Å². The molecular formula is C7H13N5O. The summed E-state index contributed by atoms with van der Waals surface area (Å²) in [5.41, 5.74) is 5.37. The molecule has 1 aliphatic rings. The molecular weight excluding hydrogens is 170 g/mol. The van der Waals surface area contributed by atoms with Crippen molar-refractivity contribution >= 4 is 11.9 Å². The third-order valence-corrected chi connectivity index (χ3v) is 2.26. The number of hydrogen-bond donors (Lipinski definition) is 3. The number of hydrogen-bond acceptors (Lipinski definition) is 5. The molecule has 0 unspecified atom stereocenters. The summed E-state index contributed by atoms with van der Waals surface area (Å²) in [6.45, 7) is 0. The molecule has 0 amide bonds. The lowest BCUT2D eigenvalue weighted by Gasteiger charge is -2.34. The van der Waals surface area contributed by atoms with Gasteiger partial charge >= 0.3 is 0 Å². The molecule has 1 aliphatic carbocycles. The fourth-order valence-corrected chi connectivity index (χ4v) is 1.40. The SMILES string of the molecule is COC1CC(Nc2n[nH]c(N)n2)C1. The van der Waals surface area contributed by atoms with E-state index in [0.717, 1.165) is 12.8 Å². The third-order valence-electron chi connectivity index (χ3n) is 2.26. The van der Waals surface area contributed by atoms with E-state index < -0.39 is 0 Å². The largest absolute Gasteiger partial charge is 0.381 e. The molecule has 4 N–H and O–H groups in total. The van der Waals surface area contributed by atoms with Gasteiger partial charge in [-0.05, 0) is 12.8 Å². The van der Waals surface area contributed by atoms with Crippen molar-refractivity contribution in [2.45, 2.75) is 25.0 Å². The molecule has 6 heteroatoms. The standard InChI is InChI=1S/C7H13N5O/c1-13-5-2-4(3-5)9-7-10-6(8)11-12-7/h4-5H,2-3H2,1H3,(H4,8,9,10,11,12). The Labute approximate surface area is 75.9 Å². The number of nitrogens with two attached hydrogens (primary N) is 1. The number of nitrogens with one attached hydrogen (secondary N) is 2. The maximum atomic E-state index is 5.37. The van der Waals surface area contributed by atoms with Gasteiger partial charge in [0.15, 0.2) is 0 Å². The van der Waals surface area contributed by atoms with Crippen molar-refractivity contribution in [2.75, 3.05) is 18.2 Å². The highest BCUT2D eigenvalue weighted by atomic mass is 16.5. The van der Waals surface area contributed by atoms with Crippen molar-refractivity contribution in [3.63, 3.8) is 0 Å². The minimum atomic E-state index is 0.338. The molecule has 72 valence electrons. The summed E-state index contributed by atoms with van der Waals surface area (Å²) in [6.07, 6.45) is 2.39. The van der Waals surface area contributed by atoms with Crippen molar-refractivity contribution in [2.24, 2.45) is 0 Å². The third kappa shape index (κ3) is 1.72. The molecule has 0 aromatic carbocycles. The van der Waals surface area contributed by atoms with E-state index in [9.17, 15) is 0 Å². The predicted molar refractivity (Wildman–Crippen MR) is 48.2 cm³/mol. The molecule has 1 aromatic heterocycles. The number of anilines is 2. The summed E-state index contributed by atoms with van der Waals surface area (Å²) in [5.74, 6) is 0.905. The van der Waals surface area contributed by atoms with Gasteiger partial charge in [0.05, 0.1) is 6.10 Å². The molecule has 1 aromatic rings. The molecule has 1 saturated carbocycles. The van der Waals surface area contributed by atoms with Gasteiger partial charge in [-0.15, -0.1) is 5.10 Å². The predicted octanol–water partition coefficient (Wildman–Crippen LogP) is -0.0238. The van der Waals surface area contributed by atoms with Crippen LogP contribution in [0.15, 0.2) is 0 Å². The van der Waals surface area contributed by atoms with Crippen molar-refractivity contribution in [3.8, 4) is 0 Å². The molecule has 0 bridgehead atoms. The average molecular weight is 183 g/mol. The van der Waals surface area contributed by atoms with Crippen LogP contribution in [0.5, 0.6) is 0 Å². The molecule has 0 aliphatic heterocycles. The summed E-state index contributed by atoms with van der Waals surface area (Å²) >= 11 is 0. The van der Waals surface area contributed by atoms with Crippen molar-refractivity contribution in [1.29, 1.82) is 0 Å². The van der Waals surface area contributed by atoms with E-state index >= 15 is 0 Å². The average Bonchev–Trinajstić information content (AvgIpc) is 2.43. The molecule has 1 heterocycles. The Morgan fingerprint density at radius 1 is 1.62 bits per heavy atom. The highest BCUT2D eigenvalue weighted by Crippen LogP contribution is 2.24. The van der Waals surface area contributed by atoms with Crippen LogP contribution in [-0.2, 0) is 4.74 Å². The van der Waals surface area contributed by atoms with Gasteiger partial charge in [0, 0.05) is 13.2 Å². The van der Waals surface area contributed by atoms with Gasteiger partial charge in [0.2, 0.25) is 11.9 Å². The van der Waals surface area contributed by atoms with Crippen LogP contribution in [0.3, 0.4) is 0 Å². The van der Waals surface area contributed by atoms with Gasteiger partial charge in [0.25, 0.3) is 0 Å². The summed E-state index contributed by atoms with van der Waals surface area (Å²) in [6, 6.07) is 0.417. The molecule has 0 saturated heterocycles. The summed E-state index contributed by atoms with van der Waals surface area (Å²) < 4.78 is 5.15. The Morgan fingerprint density at radius 2 is 2.38 bits per heavy atom. The monoisotopic (exact) mass is 183 g/mol. The van der Waals surface area contributed by atoms with E-state index in [1.807, 2.05) is 0 Å². The zero-order chi connectivity index (χ0) is 9.26. The Kier molecular flexibility index (Phi) is 2.05. The molecule has 6 nitrogen and oxygen atoms in total. The van der Waals surface area contributed by atoms with Crippen LogP contribution in [0.4, 0.5) is 11.9 Å². The van der Waals surface area contributed by atoms with Crippen molar-refractivity contribution in [3.05, 3.63) is 0 Å². The Morgan fingerprint density at radius 3 is 2.92 bits per heavy atom. The Bertz CT molecular complexity index is 280. The van der Waals surface area contributed by atoms with E-state index in [-0.39, 0.29) is 0 Å². The van der Waals surface area contributed by atoms with E-state index in [2.05, 4.69) is 20.5 Å². The molecule has 13 heavy (non-hydrogen) atoms. The molecule has 0 spiro atoms. The highest BCUT2D eigenvalue weighted by molar-refractivity contribution is 5.31. The van der Waals surface area contributed by atoms with E-state index in [1.165, 1.54) is 0 Å². The first kappa shape index (κ1) is 8.31. The Balaban J connectivity index is 1.81. The molecule has 0 atom stereocenters. The first-order chi connectivity index (χ1) is 6.28. The normalized spacial score (nSPS) is 26.8. The molecule has 1 fully saturated rings. The van der Waals surface area contributed by atoms with Gasteiger partial charge in [-0.2, -0.15) is 4.98 Å². The Hall–Kier alpha value is -1.30. The first-order valence-electron chi connectivity index (χ1n) is 4.25. The van der Waals surface area contributed by atoms with E-state index in [4.69, 9.17) is 10.5 Å². The number of H-pyrrole nitrogens is 1. The topological polar surface area (TPSA) is 88.8 Å². The number of nitrogen functional groups attached to an aromatic ring is 1. The smallest absolute Gasteiger partial charge is 0.243 e. The van der Waals surface area contributed by atoms with Gasteiger partial charge in [-0.3, -0.25) is 0 Å². The fraction of sp³-hybridized carbons (Fsp3) is 0.714.